The van der Waals surface area contributed by atoms with Crippen LogP contribution in [-0.2, 0) is 26.4 Å². The lowest BCUT2D eigenvalue weighted by atomic mass is 9.85. The van der Waals surface area contributed by atoms with E-state index in [1.54, 1.807) is 6.92 Å². The summed E-state index contributed by atoms with van der Waals surface area (Å²) in [6.07, 6.45) is 5.62. The van der Waals surface area contributed by atoms with Crippen LogP contribution in [0.3, 0.4) is 0 Å². The zero-order valence-electron chi connectivity index (χ0n) is 18.8. The highest BCUT2D eigenvalue weighted by molar-refractivity contribution is 6.27. The molecule has 0 saturated heterocycles. The van der Waals surface area contributed by atoms with Crippen LogP contribution in [0.15, 0.2) is 30.6 Å². The van der Waals surface area contributed by atoms with E-state index in [1.165, 1.54) is 16.8 Å². The van der Waals surface area contributed by atoms with Crippen molar-refractivity contribution in [1.29, 1.82) is 0 Å². The number of rotatable bonds is 3. The molecule has 1 aliphatic rings. The van der Waals surface area contributed by atoms with Crippen LogP contribution in [0.5, 0.6) is 5.88 Å². The average Bonchev–Trinajstić information content (AvgIpc) is 3.42. The lowest BCUT2D eigenvalue weighted by molar-refractivity contribution is 0.101. The number of ketones is 1. The number of carbonyl (C=O) groups excluding carboxylic acids is 1. The van der Waals surface area contributed by atoms with Crippen molar-refractivity contribution < 1.29 is 9.90 Å². The molecule has 6 heteroatoms. The van der Waals surface area contributed by atoms with Crippen molar-refractivity contribution in [2.75, 3.05) is 0 Å². The number of benzene rings is 2. The Bertz CT molecular complexity index is 1580. The molecule has 3 aromatic heterocycles. The second-order valence-electron chi connectivity index (χ2n) is 9.42. The van der Waals surface area contributed by atoms with Crippen molar-refractivity contribution in [2.24, 2.45) is 13.0 Å². The molecule has 0 atom stereocenters. The Morgan fingerprint density at radius 1 is 1.22 bits per heavy atom. The number of hydrogen-bond donors (Lipinski definition) is 2. The van der Waals surface area contributed by atoms with Gasteiger partial charge in [0.25, 0.3) is 0 Å². The summed E-state index contributed by atoms with van der Waals surface area (Å²) in [5.74, 6) is 0.704. The van der Waals surface area contributed by atoms with E-state index in [2.05, 4.69) is 34.6 Å². The summed E-state index contributed by atoms with van der Waals surface area (Å²) in [6.45, 7) is 6.95. The summed E-state index contributed by atoms with van der Waals surface area (Å²) in [6, 6.07) is 6.03. The number of hydrogen-bond acceptors (Lipinski definition) is 3. The summed E-state index contributed by atoms with van der Waals surface area (Å²) in [5, 5.41) is 19.4. The quantitative estimate of drug-likeness (QED) is 0.382. The molecule has 0 aliphatic heterocycles. The Balaban J connectivity index is 1.88. The summed E-state index contributed by atoms with van der Waals surface area (Å²) in [4.78, 5) is 15.2. The third kappa shape index (κ3) is 2.40. The van der Waals surface area contributed by atoms with E-state index in [4.69, 9.17) is 0 Å². The van der Waals surface area contributed by atoms with Gasteiger partial charge in [0.1, 0.15) is 0 Å². The molecule has 5 aromatic rings. The van der Waals surface area contributed by atoms with Crippen LogP contribution < -0.4 is 0 Å². The number of aromatic amines is 1. The molecule has 1 aliphatic carbocycles. The van der Waals surface area contributed by atoms with Crippen molar-refractivity contribution in [1.82, 2.24) is 19.3 Å². The highest BCUT2D eigenvalue weighted by Gasteiger charge is 2.30. The van der Waals surface area contributed by atoms with Gasteiger partial charge in [-0.3, -0.25) is 9.48 Å². The van der Waals surface area contributed by atoms with Gasteiger partial charge in [-0.15, -0.1) is 0 Å². The first-order chi connectivity index (χ1) is 15.4. The number of aromatic nitrogens is 4. The van der Waals surface area contributed by atoms with Gasteiger partial charge in [-0.1, -0.05) is 13.8 Å². The number of aryl methyl sites for hydroxylation is 2. The molecule has 162 valence electrons. The molecule has 0 saturated carbocycles. The Morgan fingerprint density at radius 3 is 2.78 bits per heavy atom. The topological polar surface area (TPSA) is 75.8 Å². The van der Waals surface area contributed by atoms with Gasteiger partial charge in [-0.25, -0.2) is 0 Å². The van der Waals surface area contributed by atoms with Gasteiger partial charge in [-0.05, 0) is 49.4 Å². The smallest absolute Gasteiger partial charge is 0.197 e. The lowest BCUT2D eigenvalue weighted by Gasteiger charge is -2.22. The third-order valence-corrected chi connectivity index (χ3v) is 6.93. The van der Waals surface area contributed by atoms with E-state index in [0.29, 0.717) is 11.5 Å². The first-order valence-electron chi connectivity index (χ1n) is 11.2. The molecule has 0 bridgehead atoms. The molecule has 6 rings (SSSR count). The Labute approximate surface area is 185 Å². The van der Waals surface area contributed by atoms with E-state index >= 15 is 0 Å². The van der Waals surface area contributed by atoms with Crippen LogP contribution in [0.4, 0.5) is 0 Å². The van der Waals surface area contributed by atoms with Crippen LogP contribution in [-0.4, -0.2) is 30.2 Å². The Hall–Kier alpha value is -3.54. The zero-order valence-corrected chi connectivity index (χ0v) is 18.8. The standard InChI is InChI=1S/C26H26N4O2/c1-13(2)12-30-21-7-5-15(14(3)31)9-17(21)23-19-10-27-26(32)24(19)22-16(25(23)30)6-8-20-18(22)11-28-29(20)4/h5,7,9-11,13,27,32H,6,8,12H2,1-4H3. The van der Waals surface area contributed by atoms with Crippen molar-refractivity contribution >= 4 is 38.4 Å². The monoisotopic (exact) mass is 426 g/mol. The predicted molar refractivity (Wildman–Crippen MR) is 127 cm³/mol. The van der Waals surface area contributed by atoms with E-state index in [0.717, 1.165) is 57.6 Å². The summed E-state index contributed by atoms with van der Waals surface area (Å²) >= 11 is 0. The fourth-order valence-electron chi connectivity index (χ4n) is 5.60. The normalized spacial score (nSPS) is 13.4. The van der Waals surface area contributed by atoms with Crippen molar-refractivity contribution in [2.45, 2.75) is 40.2 Å². The molecular weight excluding hydrogens is 400 g/mol. The molecule has 2 aromatic carbocycles. The number of fused-ring (bicyclic) bond motifs is 10. The zero-order chi connectivity index (χ0) is 22.3. The maximum atomic E-state index is 12.2. The number of Topliss-reactive ketones (excluding diaryl/α,β-unsaturated/α-hetero) is 1. The van der Waals surface area contributed by atoms with Gasteiger partial charge in [0.15, 0.2) is 11.7 Å². The van der Waals surface area contributed by atoms with Crippen molar-refractivity contribution in [3.63, 3.8) is 0 Å². The Morgan fingerprint density at radius 2 is 2.03 bits per heavy atom. The number of aromatic hydroxyl groups is 1. The molecule has 0 unspecified atom stereocenters. The van der Waals surface area contributed by atoms with Gasteiger partial charge >= 0.3 is 0 Å². The van der Waals surface area contributed by atoms with Gasteiger partial charge in [0.2, 0.25) is 0 Å². The maximum Gasteiger partial charge on any atom is 0.197 e. The minimum Gasteiger partial charge on any atom is -0.494 e. The van der Waals surface area contributed by atoms with Crippen LogP contribution in [0.25, 0.3) is 43.7 Å². The second-order valence-corrected chi connectivity index (χ2v) is 9.42. The molecular formula is C26H26N4O2. The number of nitrogens with zero attached hydrogens (tertiary/aromatic N) is 3. The summed E-state index contributed by atoms with van der Waals surface area (Å²) < 4.78 is 4.36. The molecule has 32 heavy (non-hydrogen) atoms. The minimum absolute atomic E-state index is 0.0581. The van der Waals surface area contributed by atoms with Gasteiger partial charge in [0.05, 0.1) is 17.1 Å². The molecule has 0 fully saturated rings. The second kappa shape index (κ2) is 6.48. The molecule has 0 radical (unpaired) electrons. The van der Waals surface area contributed by atoms with Crippen LogP contribution in [0.2, 0.25) is 0 Å². The fourth-order valence-corrected chi connectivity index (χ4v) is 5.60. The predicted octanol–water partition coefficient (Wildman–Crippen LogP) is 5.34. The Kier molecular flexibility index (Phi) is 3.88. The van der Waals surface area contributed by atoms with Gasteiger partial charge < -0.3 is 14.7 Å². The van der Waals surface area contributed by atoms with E-state index in [9.17, 15) is 9.90 Å². The van der Waals surface area contributed by atoms with Crippen molar-refractivity contribution in [3.8, 4) is 17.0 Å². The molecule has 3 heterocycles. The maximum absolute atomic E-state index is 12.2. The largest absolute Gasteiger partial charge is 0.494 e. The van der Waals surface area contributed by atoms with E-state index in [-0.39, 0.29) is 11.7 Å². The highest BCUT2D eigenvalue weighted by atomic mass is 16.3. The SMILES string of the molecule is CC(=O)c1ccc2c(c1)c1c3c[nH]c(O)c3c3c(c1n2CC(C)C)CCc1c-3cnn1C. The number of nitrogens with one attached hydrogen (secondary N) is 1. The fraction of sp³-hybridized carbons (Fsp3) is 0.308. The third-order valence-electron chi connectivity index (χ3n) is 6.93. The molecule has 0 amide bonds. The summed E-state index contributed by atoms with van der Waals surface area (Å²) in [7, 11) is 1.98. The number of H-pyrrole nitrogens is 1. The molecule has 0 spiro atoms. The van der Waals surface area contributed by atoms with Crippen molar-refractivity contribution in [3.05, 3.63) is 47.4 Å². The van der Waals surface area contributed by atoms with Gasteiger partial charge in [0, 0.05) is 63.8 Å². The summed E-state index contributed by atoms with van der Waals surface area (Å²) in [5.41, 5.74) is 7.69. The van der Waals surface area contributed by atoms with Crippen LogP contribution in [0, 0.1) is 5.92 Å². The van der Waals surface area contributed by atoms with Crippen LogP contribution in [0.1, 0.15) is 42.4 Å². The minimum atomic E-state index is 0.0581. The van der Waals surface area contributed by atoms with Gasteiger partial charge in [-0.2, -0.15) is 5.10 Å². The van der Waals surface area contributed by atoms with E-state index < -0.39 is 0 Å². The average molecular weight is 427 g/mol. The number of carbonyl (C=O) groups is 1. The first kappa shape index (κ1) is 19.2. The molecule has 6 nitrogen and oxygen atoms in total. The first-order valence-corrected chi connectivity index (χ1v) is 11.2. The highest BCUT2D eigenvalue weighted by Crippen LogP contribution is 2.49. The lowest BCUT2D eigenvalue weighted by Crippen LogP contribution is -2.11. The van der Waals surface area contributed by atoms with E-state index in [1.807, 2.05) is 36.3 Å². The molecule has 2 N–H and O–H groups in total. The van der Waals surface area contributed by atoms with Crippen LogP contribution >= 0.6 is 0 Å².